The molecule has 0 unspecified atom stereocenters. The minimum absolute atomic E-state index is 0.265. The number of fused-ring (bicyclic) bond motifs is 1. The smallest absolute Gasteiger partial charge is 0.262 e. The van der Waals surface area contributed by atoms with E-state index in [-0.39, 0.29) is 23.6 Å². The van der Waals surface area contributed by atoms with Crippen LogP contribution in [0.15, 0.2) is 18.2 Å². The van der Waals surface area contributed by atoms with Gasteiger partial charge in [0.15, 0.2) is 0 Å². The average molecular weight is 356 g/mol. The Hall–Kier alpha value is -2.49. The molecule has 0 atom stereocenters. The summed E-state index contributed by atoms with van der Waals surface area (Å²) in [6, 6.07) is 4.61. The van der Waals surface area contributed by atoms with Gasteiger partial charge in [-0.1, -0.05) is 0 Å². The number of carbonyl (C=O) groups excluding carboxylic acids is 3. The molecule has 9 nitrogen and oxygen atoms in total. The highest BCUT2D eigenvalue weighted by atomic mass is 16.2. The summed E-state index contributed by atoms with van der Waals surface area (Å²) in [5.74, 6) is -1.21. The third-order valence-electron chi connectivity index (χ3n) is 5.48. The van der Waals surface area contributed by atoms with Gasteiger partial charge in [0, 0.05) is 25.3 Å². The fourth-order valence-corrected chi connectivity index (χ4v) is 4.77. The van der Waals surface area contributed by atoms with Gasteiger partial charge >= 0.3 is 0 Å². The molecule has 4 bridgehead atoms. The number of anilines is 1. The maximum atomic E-state index is 12.7. The Morgan fingerprint density at radius 1 is 1.00 bits per heavy atom. The second-order valence-electron chi connectivity index (χ2n) is 7.74. The van der Waals surface area contributed by atoms with Crippen molar-refractivity contribution >= 4 is 23.4 Å². The van der Waals surface area contributed by atoms with Crippen LogP contribution in [-0.2, 0) is 4.79 Å². The number of nitrogens with two attached hydrogens (primary N) is 1. The first-order valence-corrected chi connectivity index (χ1v) is 8.66. The van der Waals surface area contributed by atoms with Gasteiger partial charge in [0.05, 0.1) is 36.7 Å². The third-order valence-corrected chi connectivity index (χ3v) is 5.48. The summed E-state index contributed by atoms with van der Waals surface area (Å²) in [7, 11) is 0. The second kappa shape index (κ2) is 5.26. The summed E-state index contributed by atoms with van der Waals surface area (Å²) < 4.78 is 0. The summed E-state index contributed by atoms with van der Waals surface area (Å²) in [6.45, 7) is 4.89. The van der Waals surface area contributed by atoms with Crippen molar-refractivity contribution in [1.82, 2.24) is 24.9 Å². The number of amides is 3. The molecule has 0 aliphatic carbocycles. The Labute approximate surface area is 150 Å². The number of rotatable bonds is 3. The number of nitrogens with one attached hydrogen (secondary N) is 1. The predicted molar refractivity (Wildman–Crippen MR) is 91.8 cm³/mol. The highest BCUT2D eigenvalue weighted by Gasteiger charge is 2.49. The number of imide groups is 1. The van der Waals surface area contributed by atoms with Crippen LogP contribution in [0.3, 0.4) is 0 Å². The van der Waals surface area contributed by atoms with Gasteiger partial charge in [-0.15, -0.1) is 0 Å². The van der Waals surface area contributed by atoms with Crippen LogP contribution in [0, 0.1) is 0 Å². The molecular formula is C17H20N6O3. The fraction of sp³-hybridized carbons (Fsp3) is 0.471. The van der Waals surface area contributed by atoms with Crippen LogP contribution in [0.25, 0.3) is 0 Å². The van der Waals surface area contributed by atoms with Crippen LogP contribution in [0.1, 0.15) is 20.7 Å². The van der Waals surface area contributed by atoms with Crippen LogP contribution >= 0.6 is 0 Å². The lowest BCUT2D eigenvalue weighted by molar-refractivity contribution is -0.157. The normalized spacial score (nSPS) is 34.3. The van der Waals surface area contributed by atoms with E-state index in [0.29, 0.717) is 11.3 Å². The van der Waals surface area contributed by atoms with Crippen molar-refractivity contribution in [3.05, 3.63) is 29.3 Å². The standard InChI is InChI=1S/C17H20N6O3/c18-11-1-2-12-13(3-11)16(26)23(15(12)25)4-14(24)19-17-5-20-8-21(6-17)10-22(7-17)9-20/h1-3H,4-10,18H2,(H,19,24). The Morgan fingerprint density at radius 2 is 1.58 bits per heavy atom. The van der Waals surface area contributed by atoms with Gasteiger partial charge in [0.1, 0.15) is 6.54 Å². The van der Waals surface area contributed by atoms with Crippen molar-refractivity contribution in [1.29, 1.82) is 0 Å². The highest BCUT2D eigenvalue weighted by molar-refractivity contribution is 6.22. The third kappa shape index (κ3) is 2.32. The summed E-state index contributed by atoms with van der Waals surface area (Å²) in [5.41, 5.74) is 6.35. The lowest BCUT2D eigenvalue weighted by Gasteiger charge is -2.60. The molecule has 136 valence electrons. The zero-order valence-corrected chi connectivity index (χ0v) is 14.3. The zero-order chi connectivity index (χ0) is 18.1. The summed E-state index contributed by atoms with van der Waals surface area (Å²) in [4.78, 5) is 45.5. The van der Waals surface area contributed by atoms with Gasteiger partial charge in [-0.2, -0.15) is 0 Å². The molecule has 5 heterocycles. The van der Waals surface area contributed by atoms with E-state index >= 15 is 0 Å². The minimum Gasteiger partial charge on any atom is -0.399 e. The highest BCUT2D eigenvalue weighted by Crippen LogP contribution is 2.29. The number of benzene rings is 1. The Bertz CT molecular complexity index is 803. The number of hydrogen-bond acceptors (Lipinski definition) is 7. The van der Waals surface area contributed by atoms with Crippen molar-refractivity contribution in [2.24, 2.45) is 0 Å². The SMILES string of the molecule is Nc1ccc2c(c1)C(=O)N(CC(=O)NC13CN4CN(CN(C4)C1)C3)C2=O. The van der Waals surface area contributed by atoms with Gasteiger partial charge in [-0.3, -0.25) is 34.0 Å². The van der Waals surface area contributed by atoms with Crippen molar-refractivity contribution in [3.8, 4) is 0 Å². The molecule has 5 aliphatic rings. The average Bonchev–Trinajstić information content (AvgIpc) is 2.77. The van der Waals surface area contributed by atoms with Crippen molar-refractivity contribution in [2.45, 2.75) is 5.54 Å². The molecular weight excluding hydrogens is 336 g/mol. The topological polar surface area (TPSA) is 102 Å². The van der Waals surface area contributed by atoms with Crippen LogP contribution in [-0.4, -0.2) is 89.0 Å². The van der Waals surface area contributed by atoms with Crippen molar-refractivity contribution in [3.63, 3.8) is 0 Å². The van der Waals surface area contributed by atoms with Crippen molar-refractivity contribution < 1.29 is 14.4 Å². The lowest BCUT2D eigenvalue weighted by atomic mass is 9.91. The Kier molecular flexibility index (Phi) is 3.18. The predicted octanol–water partition coefficient (Wildman–Crippen LogP) is -1.46. The maximum absolute atomic E-state index is 12.7. The maximum Gasteiger partial charge on any atom is 0.262 e. The van der Waals surface area contributed by atoms with Crippen LogP contribution in [0.2, 0.25) is 0 Å². The number of hydrogen-bond donors (Lipinski definition) is 2. The van der Waals surface area contributed by atoms with E-state index in [1.165, 1.54) is 12.1 Å². The fourth-order valence-electron chi connectivity index (χ4n) is 4.77. The van der Waals surface area contributed by atoms with Gasteiger partial charge in [-0.25, -0.2) is 0 Å². The molecule has 1 aromatic rings. The number of nitrogens with zero attached hydrogens (tertiary/aromatic N) is 4. The monoisotopic (exact) mass is 356 g/mol. The largest absolute Gasteiger partial charge is 0.399 e. The molecule has 0 aromatic heterocycles. The summed E-state index contributed by atoms with van der Waals surface area (Å²) in [5, 5.41) is 3.10. The zero-order valence-electron chi connectivity index (χ0n) is 14.3. The van der Waals surface area contributed by atoms with E-state index in [9.17, 15) is 14.4 Å². The number of carbonyl (C=O) groups is 3. The lowest BCUT2D eigenvalue weighted by Crippen LogP contribution is -2.80. The summed E-state index contributed by atoms with van der Waals surface area (Å²) >= 11 is 0. The second-order valence-corrected chi connectivity index (χ2v) is 7.74. The van der Waals surface area contributed by atoms with Crippen molar-refractivity contribution in [2.75, 3.05) is 51.9 Å². The molecule has 4 fully saturated rings. The molecule has 0 radical (unpaired) electrons. The molecule has 4 saturated heterocycles. The summed E-state index contributed by atoms with van der Waals surface area (Å²) in [6.07, 6.45) is 0. The van der Waals surface area contributed by atoms with Gasteiger partial charge < -0.3 is 11.1 Å². The van der Waals surface area contributed by atoms with Gasteiger partial charge in [0.25, 0.3) is 11.8 Å². The molecule has 1 aromatic carbocycles. The molecule has 3 N–H and O–H groups in total. The molecule has 5 aliphatic heterocycles. The van der Waals surface area contributed by atoms with Crippen LogP contribution in [0.4, 0.5) is 5.69 Å². The molecule has 6 rings (SSSR count). The molecule has 9 heteroatoms. The Balaban J connectivity index is 1.31. The van der Waals surface area contributed by atoms with E-state index in [1.807, 2.05) is 0 Å². The van der Waals surface area contributed by atoms with Gasteiger partial charge in [-0.05, 0) is 18.2 Å². The van der Waals surface area contributed by atoms with Crippen LogP contribution < -0.4 is 11.1 Å². The van der Waals surface area contributed by atoms with E-state index in [4.69, 9.17) is 5.73 Å². The first kappa shape index (κ1) is 15.7. The molecule has 0 saturated carbocycles. The quantitative estimate of drug-likeness (QED) is 0.504. The van der Waals surface area contributed by atoms with E-state index < -0.39 is 11.8 Å². The molecule has 0 spiro atoms. The minimum atomic E-state index is -0.464. The van der Waals surface area contributed by atoms with Gasteiger partial charge in [0.2, 0.25) is 5.91 Å². The first-order chi connectivity index (χ1) is 12.4. The van der Waals surface area contributed by atoms with E-state index in [2.05, 4.69) is 20.0 Å². The number of nitrogen functional groups attached to an aromatic ring is 1. The van der Waals surface area contributed by atoms with Crippen LogP contribution in [0.5, 0.6) is 0 Å². The van der Waals surface area contributed by atoms with E-state index in [1.54, 1.807) is 6.07 Å². The Morgan fingerprint density at radius 3 is 2.19 bits per heavy atom. The first-order valence-electron chi connectivity index (χ1n) is 8.66. The molecule has 26 heavy (non-hydrogen) atoms. The van der Waals surface area contributed by atoms with E-state index in [0.717, 1.165) is 44.5 Å². The molecule has 3 amide bonds.